The Labute approximate surface area is 113 Å². The number of carbonyl (C=O) groups is 1. The lowest BCUT2D eigenvalue weighted by Crippen LogP contribution is -2.11. The van der Waals surface area contributed by atoms with Crippen molar-refractivity contribution in [3.05, 3.63) is 15.8 Å². The van der Waals surface area contributed by atoms with Crippen LogP contribution in [0.3, 0.4) is 0 Å². The van der Waals surface area contributed by atoms with Gasteiger partial charge in [0.15, 0.2) is 4.88 Å². The molecule has 0 aliphatic rings. The molecule has 1 N–H and O–H groups in total. The van der Waals surface area contributed by atoms with E-state index in [9.17, 15) is 4.79 Å². The standard InChI is InChI=1S/C14H22O3S/c1-5-6-10-9-11(12(18-10)13(15)16)17-8-7-14(2,3)4/h9H,5-8H2,1-4H3,(H,15,16). The molecule has 0 bridgehead atoms. The minimum Gasteiger partial charge on any atom is -0.492 e. The number of ether oxygens (including phenoxy) is 1. The third kappa shape index (κ3) is 4.69. The third-order valence-electron chi connectivity index (χ3n) is 2.55. The van der Waals surface area contributed by atoms with E-state index in [4.69, 9.17) is 9.84 Å². The number of aryl methyl sites for hydroxylation is 1. The fraction of sp³-hybridized carbons (Fsp3) is 0.643. The predicted octanol–water partition coefficient (Wildman–Crippen LogP) is 4.21. The van der Waals surface area contributed by atoms with Gasteiger partial charge in [0.1, 0.15) is 5.75 Å². The average molecular weight is 270 g/mol. The first-order chi connectivity index (χ1) is 8.33. The smallest absolute Gasteiger partial charge is 0.349 e. The van der Waals surface area contributed by atoms with Crippen molar-refractivity contribution in [2.75, 3.05) is 6.61 Å². The van der Waals surface area contributed by atoms with Crippen LogP contribution < -0.4 is 4.74 Å². The normalized spacial score (nSPS) is 11.6. The van der Waals surface area contributed by atoms with Gasteiger partial charge in [0.05, 0.1) is 6.61 Å². The third-order valence-corrected chi connectivity index (χ3v) is 3.71. The van der Waals surface area contributed by atoms with Gasteiger partial charge in [-0.2, -0.15) is 0 Å². The molecule has 0 aliphatic heterocycles. The van der Waals surface area contributed by atoms with Crippen LogP contribution in [0.5, 0.6) is 5.75 Å². The number of hydrogen-bond acceptors (Lipinski definition) is 3. The molecular formula is C14H22O3S. The molecule has 18 heavy (non-hydrogen) atoms. The maximum atomic E-state index is 11.1. The first-order valence-corrected chi connectivity index (χ1v) is 7.14. The summed E-state index contributed by atoms with van der Waals surface area (Å²) >= 11 is 1.33. The molecule has 1 aromatic rings. The van der Waals surface area contributed by atoms with E-state index in [1.807, 2.05) is 6.07 Å². The highest BCUT2D eigenvalue weighted by Crippen LogP contribution is 2.31. The molecule has 0 aromatic carbocycles. The number of aromatic carboxylic acids is 1. The van der Waals surface area contributed by atoms with Crippen LogP contribution in [-0.4, -0.2) is 17.7 Å². The molecule has 1 heterocycles. The summed E-state index contributed by atoms with van der Waals surface area (Å²) in [6.07, 6.45) is 2.83. The molecule has 0 saturated carbocycles. The fourth-order valence-corrected chi connectivity index (χ4v) is 2.56. The lowest BCUT2D eigenvalue weighted by molar-refractivity contribution is 0.0697. The Hall–Kier alpha value is -1.03. The van der Waals surface area contributed by atoms with E-state index in [-0.39, 0.29) is 5.41 Å². The van der Waals surface area contributed by atoms with Gasteiger partial charge < -0.3 is 9.84 Å². The van der Waals surface area contributed by atoms with E-state index in [0.717, 1.165) is 24.1 Å². The Balaban J connectivity index is 2.71. The van der Waals surface area contributed by atoms with E-state index in [0.29, 0.717) is 17.2 Å². The van der Waals surface area contributed by atoms with Gasteiger partial charge in [-0.1, -0.05) is 34.1 Å². The number of hydrogen-bond donors (Lipinski definition) is 1. The number of thiophene rings is 1. The van der Waals surface area contributed by atoms with Gasteiger partial charge in [0.25, 0.3) is 0 Å². The first-order valence-electron chi connectivity index (χ1n) is 6.32. The minimum absolute atomic E-state index is 0.200. The lowest BCUT2D eigenvalue weighted by Gasteiger charge is -2.17. The highest BCUT2D eigenvalue weighted by molar-refractivity contribution is 7.14. The van der Waals surface area contributed by atoms with Crippen LogP contribution in [0.15, 0.2) is 6.07 Å². The molecule has 0 radical (unpaired) electrons. The predicted molar refractivity (Wildman–Crippen MR) is 74.8 cm³/mol. The Morgan fingerprint density at radius 3 is 2.61 bits per heavy atom. The molecule has 0 unspecified atom stereocenters. The Bertz CT molecular complexity index is 402. The van der Waals surface area contributed by atoms with E-state index in [1.54, 1.807) is 0 Å². The molecule has 0 amide bonds. The summed E-state index contributed by atoms with van der Waals surface area (Å²) in [4.78, 5) is 12.5. The van der Waals surface area contributed by atoms with Crippen molar-refractivity contribution in [1.82, 2.24) is 0 Å². The van der Waals surface area contributed by atoms with Crippen LogP contribution in [-0.2, 0) is 6.42 Å². The fourth-order valence-electron chi connectivity index (χ4n) is 1.52. The van der Waals surface area contributed by atoms with Crippen LogP contribution >= 0.6 is 11.3 Å². The maximum Gasteiger partial charge on any atom is 0.349 e. The zero-order valence-electron chi connectivity index (χ0n) is 11.6. The summed E-state index contributed by atoms with van der Waals surface area (Å²) in [5.41, 5.74) is 0.200. The van der Waals surface area contributed by atoms with Gasteiger partial charge in [-0.15, -0.1) is 11.3 Å². The summed E-state index contributed by atoms with van der Waals surface area (Å²) in [7, 11) is 0. The number of rotatable bonds is 6. The van der Waals surface area contributed by atoms with Crippen molar-refractivity contribution in [3.63, 3.8) is 0 Å². The maximum absolute atomic E-state index is 11.1. The van der Waals surface area contributed by atoms with Crippen molar-refractivity contribution in [2.45, 2.75) is 47.0 Å². The van der Waals surface area contributed by atoms with E-state index in [2.05, 4.69) is 27.7 Å². The molecule has 102 valence electrons. The lowest BCUT2D eigenvalue weighted by atomic mass is 9.93. The Morgan fingerprint density at radius 2 is 2.11 bits per heavy atom. The monoisotopic (exact) mass is 270 g/mol. The molecule has 0 saturated heterocycles. The van der Waals surface area contributed by atoms with Gasteiger partial charge in [0.2, 0.25) is 0 Å². The zero-order chi connectivity index (χ0) is 13.8. The number of carboxylic acid groups (broad SMARTS) is 1. The van der Waals surface area contributed by atoms with Gasteiger partial charge in [-0.05, 0) is 24.3 Å². The van der Waals surface area contributed by atoms with Gasteiger partial charge in [0, 0.05) is 4.88 Å². The van der Waals surface area contributed by atoms with Gasteiger partial charge >= 0.3 is 5.97 Å². The van der Waals surface area contributed by atoms with Crippen molar-refractivity contribution in [3.8, 4) is 5.75 Å². The summed E-state index contributed by atoms with van der Waals surface area (Å²) in [5.74, 6) is -0.367. The molecule has 0 aliphatic carbocycles. The van der Waals surface area contributed by atoms with Gasteiger partial charge in [-0.3, -0.25) is 0 Å². The van der Waals surface area contributed by atoms with E-state index in [1.165, 1.54) is 11.3 Å². The van der Waals surface area contributed by atoms with Crippen LogP contribution in [0.1, 0.15) is 55.1 Å². The Kier molecular flexibility index (Phi) is 5.20. The van der Waals surface area contributed by atoms with E-state index < -0.39 is 5.97 Å². The second-order valence-electron chi connectivity index (χ2n) is 5.62. The molecule has 0 atom stereocenters. The van der Waals surface area contributed by atoms with Crippen molar-refractivity contribution in [1.29, 1.82) is 0 Å². The quantitative estimate of drug-likeness (QED) is 0.842. The zero-order valence-corrected chi connectivity index (χ0v) is 12.4. The van der Waals surface area contributed by atoms with Crippen molar-refractivity contribution >= 4 is 17.3 Å². The molecule has 1 rings (SSSR count). The van der Waals surface area contributed by atoms with Crippen LogP contribution in [0.4, 0.5) is 0 Å². The topological polar surface area (TPSA) is 46.5 Å². The van der Waals surface area contributed by atoms with Crippen molar-refractivity contribution < 1.29 is 14.6 Å². The summed E-state index contributed by atoms with van der Waals surface area (Å²) in [6, 6.07) is 1.88. The second-order valence-corrected chi connectivity index (χ2v) is 6.76. The Morgan fingerprint density at radius 1 is 1.44 bits per heavy atom. The SMILES string of the molecule is CCCc1cc(OCCC(C)(C)C)c(C(=O)O)s1. The largest absolute Gasteiger partial charge is 0.492 e. The minimum atomic E-state index is -0.895. The first kappa shape index (κ1) is 15.0. The van der Waals surface area contributed by atoms with Crippen LogP contribution in [0.2, 0.25) is 0 Å². The molecule has 3 nitrogen and oxygen atoms in total. The highest BCUT2D eigenvalue weighted by Gasteiger charge is 2.17. The number of carboxylic acids is 1. The second kappa shape index (κ2) is 6.23. The van der Waals surface area contributed by atoms with Gasteiger partial charge in [-0.25, -0.2) is 4.79 Å². The molecule has 4 heteroatoms. The highest BCUT2D eigenvalue weighted by atomic mass is 32.1. The average Bonchev–Trinajstić information content (AvgIpc) is 2.60. The van der Waals surface area contributed by atoms with Crippen LogP contribution in [0, 0.1) is 5.41 Å². The van der Waals surface area contributed by atoms with Crippen molar-refractivity contribution in [2.24, 2.45) is 5.41 Å². The summed E-state index contributed by atoms with van der Waals surface area (Å²) in [5, 5.41) is 9.14. The molecular weight excluding hydrogens is 248 g/mol. The van der Waals surface area contributed by atoms with Crippen LogP contribution in [0.25, 0.3) is 0 Å². The molecule has 0 fully saturated rings. The van der Waals surface area contributed by atoms with E-state index >= 15 is 0 Å². The summed E-state index contributed by atoms with van der Waals surface area (Å²) < 4.78 is 5.63. The molecule has 0 spiro atoms. The summed E-state index contributed by atoms with van der Waals surface area (Å²) in [6.45, 7) is 9.08. The molecule has 1 aromatic heterocycles.